The van der Waals surface area contributed by atoms with Gasteiger partial charge in [0.25, 0.3) is 0 Å². The maximum absolute atomic E-state index is 7.40. The first-order valence-corrected chi connectivity index (χ1v) is 50.7. The zero-order valence-electron chi connectivity index (χ0n) is 80.9. The van der Waals surface area contributed by atoms with E-state index in [9.17, 15) is 0 Å². The summed E-state index contributed by atoms with van der Waals surface area (Å²) in [6.07, 6.45) is 0. The lowest BCUT2D eigenvalue weighted by atomic mass is 9.98. The molecule has 0 radical (unpaired) electrons. The minimum Gasteiger partial charge on any atom is -0.452 e. The molecule has 30 aromatic rings. The van der Waals surface area contributed by atoms with Gasteiger partial charge in [-0.05, 0) is 194 Å². The van der Waals surface area contributed by atoms with Crippen LogP contribution in [0.25, 0.3) is 289 Å². The lowest BCUT2D eigenvalue weighted by Crippen LogP contribution is -2.02. The number of para-hydroxylation sites is 4. The van der Waals surface area contributed by atoms with E-state index in [1.165, 1.54) is 21.9 Å². The highest BCUT2D eigenvalue weighted by molar-refractivity contribution is 6.29. The summed E-state index contributed by atoms with van der Waals surface area (Å²) in [7, 11) is 0. The van der Waals surface area contributed by atoms with E-state index in [4.69, 9.17) is 38.7 Å². The Balaban J connectivity index is 0.000000141. The molecular weight excluding hydrogens is 1830 g/mol. The third-order valence-corrected chi connectivity index (χ3v) is 29.6. The molecule has 150 heavy (non-hydrogen) atoms. The van der Waals surface area contributed by atoms with Crippen LogP contribution in [0.1, 0.15) is 0 Å². The Morgan fingerprint density at radius 2 is 0.347 bits per heavy atom. The first-order chi connectivity index (χ1) is 74.4. The highest BCUT2D eigenvalue weighted by Crippen LogP contribution is 2.50. The number of hydrogen-bond acceptors (Lipinski definition) is 8. The number of hydrogen-bond donors (Lipinski definition) is 0. The number of nitrogens with zero attached hydrogens (tertiary/aromatic N) is 10. The second-order valence-electron chi connectivity index (χ2n) is 38.2. The fourth-order valence-corrected chi connectivity index (χ4v) is 22.7. The quantitative estimate of drug-likeness (QED) is 0.0937. The Bertz CT molecular complexity index is 10500. The average molecular weight is 1920 g/mol. The molecule has 30 rings (SSSR count). The molecule has 0 unspecified atom stereocenters. The number of fused-ring (bicyclic) bond motifs is 22. The Kier molecular flexibility index (Phi) is 20.7. The molecule has 0 fully saturated rings. The largest absolute Gasteiger partial charge is 0.452 e. The summed E-state index contributed by atoms with van der Waals surface area (Å²) in [5.74, 6) is 3.59. The van der Waals surface area contributed by atoms with E-state index < -0.39 is 0 Å². The molecule has 0 spiro atoms. The van der Waals surface area contributed by atoms with Crippen LogP contribution in [0, 0.1) is 0 Å². The predicted octanol–water partition coefficient (Wildman–Crippen LogP) is 35.9. The lowest BCUT2D eigenvalue weighted by Gasteiger charge is -2.14. The fourth-order valence-electron chi connectivity index (χ4n) is 22.7. The summed E-state index contributed by atoms with van der Waals surface area (Å²) in [5.41, 5.74) is 34.9. The molecule has 12 heteroatoms. The van der Waals surface area contributed by atoms with Crippen LogP contribution in [0.15, 0.2) is 531 Å². The van der Waals surface area contributed by atoms with E-state index in [1.54, 1.807) is 0 Å². The highest BCUT2D eigenvalue weighted by atomic mass is 16.3. The molecule has 8 heterocycles. The lowest BCUT2D eigenvalue weighted by molar-refractivity contribution is 0.673. The van der Waals surface area contributed by atoms with Gasteiger partial charge in [-0.3, -0.25) is 0 Å². The molecule has 0 bridgehead atoms. The molecule has 8 aromatic heterocycles. The van der Waals surface area contributed by atoms with Crippen LogP contribution < -0.4 is 0 Å². The van der Waals surface area contributed by atoms with E-state index in [0.717, 1.165) is 232 Å². The zero-order chi connectivity index (χ0) is 98.8. The Labute approximate surface area is 861 Å². The summed E-state index contributed by atoms with van der Waals surface area (Å²) in [6.45, 7) is 0. The van der Waals surface area contributed by atoms with Crippen LogP contribution in [0.3, 0.4) is 0 Å². The topological polar surface area (TPSA) is 123 Å². The van der Waals surface area contributed by atoms with E-state index in [1.807, 2.05) is 30.3 Å². The van der Waals surface area contributed by atoms with Crippen molar-refractivity contribution in [1.82, 2.24) is 48.2 Å². The summed E-state index contributed by atoms with van der Waals surface area (Å²) >= 11 is 0. The van der Waals surface area contributed by atoms with Crippen LogP contribution in [-0.2, 0) is 0 Å². The van der Waals surface area contributed by atoms with Crippen LogP contribution >= 0.6 is 0 Å². The standard InChI is InChI=1S/2C69H43N5O/c1-4-19-44(20-5-1)48-25-18-26-50(43-48)74-62-34-17-15-30-54(62)56-40-42-58-57-41-39-55-53-29-14-16-33-61(53)73(63(55)65(57)75-66(58)64(56)74)49-37-35-47(36-38-49)67-70-68(59-31-12-10-27-51(59)45-21-6-2-7-22-45)72-69(71-67)60-32-13-11-28-52(60)46-23-8-3-9-24-46;1-4-18-44(19-5-1)48-24-16-26-50(42-48)68-70-67(71-69(72-68)60-31-11-10-28-53(60)46-22-8-3-9-23-46)47-34-36-51(37-35-47)73-61-32-14-12-29-54(61)56-38-40-58-59-41-39-57-55-30-13-15-33-62(55)74(64(57)66(59)75-65(58)63(56)73)52-27-17-25-49(43-52)45-20-6-2-7-21-45/h2*1-43H. The van der Waals surface area contributed by atoms with Crippen LogP contribution in [0.2, 0.25) is 0 Å². The number of rotatable bonds is 16. The molecule has 0 saturated carbocycles. The molecule has 0 aliphatic rings. The third-order valence-electron chi connectivity index (χ3n) is 29.6. The normalized spacial score (nSPS) is 11.7. The van der Waals surface area contributed by atoms with Crippen molar-refractivity contribution < 1.29 is 8.83 Å². The molecule has 0 aliphatic carbocycles. The van der Waals surface area contributed by atoms with Gasteiger partial charge < -0.3 is 27.1 Å². The van der Waals surface area contributed by atoms with Gasteiger partial charge in [-0.15, -0.1) is 0 Å². The maximum atomic E-state index is 7.40. The number of aromatic nitrogens is 10. The van der Waals surface area contributed by atoms with Crippen molar-refractivity contribution in [1.29, 1.82) is 0 Å². The van der Waals surface area contributed by atoms with Crippen LogP contribution in [-0.4, -0.2) is 48.2 Å². The molecule has 12 nitrogen and oxygen atoms in total. The van der Waals surface area contributed by atoms with Crippen LogP contribution in [0.5, 0.6) is 0 Å². The molecule has 0 amide bonds. The van der Waals surface area contributed by atoms with Gasteiger partial charge in [0.05, 0.1) is 44.1 Å². The average Bonchev–Trinajstić information content (AvgIpc) is 1.54. The van der Waals surface area contributed by atoms with Crippen molar-refractivity contribution in [3.63, 3.8) is 0 Å². The first-order valence-electron chi connectivity index (χ1n) is 50.7. The van der Waals surface area contributed by atoms with Crippen molar-refractivity contribution >= 4 is 131 Å². The molecule has 0 saturated heterocycles. The van der Waals surface area contributed by atoms with E-state index in [0.29, 0.717) is 34.9 Å². The fraction of sp³-hybridized carbons (Fsp3) is 0. The van der Waals surface area contributed by atoms with Gasteiger partial charge in [-0.2, -0.15) is 0 Å². The summed E-state index contributed by atoms with van der Waals surface area (Å²) in [6, 6.07) is 184. The summed E-state index contributed by atoms with van der Waals surface area (Å²) in [5, 5.41) is 13.4. The maximum Gasteiger partial charge on any atom is 0.164 e. The van der Waals surface area contributed by atoms with Crippen LogP contribution in [0.4, 0.5) is 0 Å². The molecular formula is C138H86N10O2. The minimum atomic E-state index is 0.586. The van der Waals surface area contributed by atoms with Gasteiger partial charge in [0.2, 0.25) is 0 Å². The van der Waals surface area contributed by atoms with Gasteiger partial charge in [0, 0.05) is 121 Å². The van der Waals surface area contributed by atoms with E-state index in [-0.39, 0.29) is 0 Å². The smallest absolute Gasteiger partial charge is 0.164 e. The molecule has 700 valence electrons. The summed E-state index contributed by atoms with van der Waals surface area (Å²) in [4.78, 5) is 31.6. The second-order valence-corrected chi connectivity index (χ2v) is 38.2. The second kappa shape index (κ2) is 35.9. The van der Waals surface area contributed by atoms with E-state index in [2.05, 4.69) is 510 Å². The SMILES string of the molecule is c1ccc(-c2cccc(-c3nc(-c4ccc(-n5c6ccccc6c6ccc7c8ccc9c%10ccccc%10n(-c%10cccc(-c%11ccccc%11)c%10)c9c8oc7c65)cc4)nc(-c4ccccc4-c4ccccc4)n3)c2)cc1.c1ccc(-c2cccc(-n3c4ccccc4c4ccc5c6ccc7c8ccccc8n(-c8ccc(-c9nc(-c%10ccccc%10-c%10ccccc%10)nc(-c%10ccccc%10-c%10ccccc%10)n9)cc8)c7c6oc5c43)c2)cc1. The van der Waals surface area contributed by atoms with E-state index >= 15 is 0 Å². The van der Waals surface area contributed by atoms with Gasteiger partial charge in [0.1, 0.15) is 0 Å². The number of furan rings is 2. The van der Waals surface area contributed by atoms with Crippen molar-refractivity contribution in [2.45, 2.75) is 0 Å². The highest BCUT2D eigenvalue weighted by Gasteiger charge is 2.29. The van der Waals surface area contributed by atoms with Gasteiger partial charge in [-0.1, -0.05) is 394 Å². The predicted molar refractivity (Wildman–Crippen MR) is 617 cm³/mol. The molecule has 0 N–H and O–H groups in total. The summed E-state index contributed by atoms with van der Waals surface area (Å²) < 4.78 is 24.3. The third kappa shape index (κ3) is 14.6. The zero-order valence-corrected chi connectivity index (χ0v) is 80.9. The van der Waals surface area contributed by atoms with Crippen molar-refractivity contribution in [2.24, 2.45) is 0 Å². The van der Waals surface area contributed by atoms with Crippen molar-refractivity contribution in [3.8, 4) is 158 Å². The van der Waals surface area contributed by atoms with Gasteiger partial charge in [0.15, 0.2) is 57.3 Å². The monoisotopic (exact) mass is 1910 g/mol. The number of benzene rings is 22. The molecule has 22 aromatic carbocycles. The Morgan fingerprint density at radius 3 is 0.660 bits per heavy atom. The molecule has 0 atom stereocenters. The van der Waals surface area contributed by atoms with Crippen molar-refractivity contribution in [2.75, 3.05) is 0 Å². The Morgan fingerprint density at radius 1 is 0.127 bits per heavy atom. The first kappa shape index (κ1) is 86.3. The van der Waals surface area contributed by atoms with Crippen molar-refractivity contribution in [3.05, 3.63) is 522 Å². The van der Waals surface area contributed by atoms with Gasteiger partial charge >= 0.3 is 0 Å². The minimum absolute atomic E-state index is 0.586. The Hall–Kier alpha value is -20.3. The molecule has 0 aliphatic heterocycles. The van der Waals surface area contributed by atoms with Gasteiger partial charge in [-0.25, -0.2) is 29.9 Å².